The molecule has 3 aromatic carbocycles. The molecule has 1 atom stereocenters. The molecule has 4 aromatic rings. The van der Waals surface area contributed by atoms with Crippen molar-refractivity contribution in [3.05, 3.63) is 107 Å². The van der Waals surface area contributed by atoms with Crippen LogP contribution in [0.2, 0.25) is 0 Å². The lowest BCUT2D eigenvalue weighted by atomic mass is 9.98. The maximum Gasteiger partial charge on any atom is 0.416 e. The van der Waals surface area contributed by atoms with Crippen molar-refractivity contribution in [1.29, 1.82) is 0 Å². The van der Waals surface area contributed by atoms with Gasteiger partial charge < -0.3 is 9.47 Å². The third kappa shape index (κ3) is 4.90. The Hall–Kier alpha value is -3.54. The number of amides is 1. The molecular weight excluding hydrogens is 461 g/mol. The molecule has 1 aliphatic heterocycles. The summed E-state index contributed by atoms with van der Waals surface area (Å²) >= 11 is 0. The lowest BCUT2D eigenvalue weighted by molar-refractivity contribution is -0.137. The summed E-state index contributed by atoms with van der Waals surface area (Å²) in [6, 6.07) is 21.4. The van der Waals surface area contributed by atoms with E-state index in [1.54, 1.807) is 12.1 Å². The minimum atomic E-state index is -4.34. The van der Waals surface area contributed by atoms with Crippen LogP contribution in [0.25, 0.3) is 10.9 Å². The zero-order chi connectivity index (χ0) is 25.3. The second-order valence-electron chi connectivity index (χ2n) is 9.61. The normalized spacial score (nSPS) is 16.1. The van der Waals surface area contributed by atoms with Crippen molar-refractivity contribution in [2.24, 2.45) is 0 Å². The van der Waals surface area contributed by atoms with E-state index in [4.69, 9.17) is 0 Å². The SMILES string of the molecule is CCCc1ccc(C(=O)N2CCC(c3cn(Cc4ccc(C(F)(F)F)cc4)c4ccccc34)C2)cc1. The van der Waals surface area contributed by atoms with Gasteiger partial charge in [-0.3, -0.25) is 4.79 Å². The van der Waals surface area contributed by atoms with E-state index in [9.17, 15) is 18.0 Å². The molecule has 3 nitrogen and oxygen atoms in total. The molecule has 1 aliphatic rings. The first kappa shape index (κ1) is 24.2. The Morgan fingerprint density at radius 1 is 0.944 bits per heavy atom. The highest BCUT2D eigenvalue weighted by molar-refractivity contribution is 5.94. The van der Waals surface area contributed by atoms with Gasteiger partial charge in [0.1, 0.15) is 0 Å². The predicted molar refractivity (Wildman–Crippen MR) is 136 cm³/mol. The highest BCUT2D eigenvalue weighted by Crippen LogP contribution is 2.35. The van der Waals surface area contributed by atoms with Crippen LogP contribution in [0.4, 0.5) is 13.2 Å². The van der Waals surface area contributed by atoms with Crippen molar-refractivity contribution < 1.29 is 18.0 Å². The van der Waals surface area contributed by atoms with Gasteiger partial charge in [-0.1, -0.05) is 55.8 Å². The molecule has 6 heteroatoms. The molecule has 2 heterocycles. The van der Waals surface area contributed by atoms with Crippen LogP contribution < -0.4 is 0 Å². The van der Waals surface area contributed by atoms with E-state index in [1.807, 2.05) is 47.4 Å². The second-order valence-corrected chi connectivity index (χ2v) is 9.61. The molecule has 186 valence electrons. The molecule has 1 unspecified atom stereocenters. The second kappa shape index (κ2) is 9.84. The summed E-state index contributed by atoms with van der Waals surface area (Å²) in [7, 11) is 0. The van der Waals surface area contributed by atoms with Gasteiger partial charge >= 0.3 is 6.18 Å². The maximum absolute atomic E-state index is 13.1. The zero-order valence-corrected chi connectivity index (χ0v) is 20.3. The number of nitrogens with zero attached hydrogens (tertiary/aromatic N) is 2. The van der Waals surface area contributed by atoms with Gasteiger partial charge in [0.15, 0.2) is 0 Å². The van der Waals surface area contributed by atoms with E-state index in [0.29, 0.717) is 19.6 Å². The first-order valence-corrected chi connectivity index (χ1v) is 12.5. The molecule has 0 radical (unpaired) electrons. The number of hydrogen-bond acceptors (Lipinski definition) is 1. The van der Waals surface area contributed by atoms with E-state index < -0.39 is 11.7 Å². The molecule has 1 amide bonds. The molecule has 1 saturated heterocycles. The Balaban J connectivity index is 1.35. The van der Waals surface area contributed by atoms with Gasteiger partial charge in [0.05, 0.1) is 5.56 Å². The van der Waals surface area contributed by atoms with Gasteiger partial charge in [-0.05, 0) is 59.9 Å². The molecule has 0 saturated carbocycles. The first-order valence-electron chi connectivity index (χ1n) is 12.5. The topological polar surface area (TPSA) is 25.2 Å². The van der Waals surface area contributed by atoms with Crippen LogP contribution in [0.1, 0.15) is 58.3 Å². The number of aromatic nitrogens is 1. The minimum absolute atomic E-state index is 0.0639. The standard InChI is InChI=1S/C30H29F3N2O/c1-2-5-21-8-12-23(13-9-21)29(36)34-17-16-24(19-34)27-20-35(28-7-4-3-6-26(27)28)18-22-10-14-25(15-11-22)30(31,32)33/h3-4,6-15,20,24H,2,5,16-19H2,1H3. The Kier molecular flexibility index (Phi) is 6.61. The van der Waals surface area contributed by atoms with Crippen LogP contribution in [-0.4, -0.2) is 28.5 Å². The number of carbonyl (C=O) groups is 1. The van der Waals surface area contributed by atoms with E-state index in [0.717, 1.165) is 53.4 Å². The predicted octanol–water partition coefficient (Wildman–Crippen LogP) is 7.29. The molecule has 0 bridgehead atoms. The van der Waals surface area contributed by atoms with Gasteiger partial charge in [0.25, 0.3) is 5.91 Å². The highest BCUT2D eigenvalue weighted by Gasteiger charge is 2.31. The van der Waals surface area contributed by atoms with Crippen LogP contribution >= 0.6 is 0 Å². The monoisotopic (exact) mass is 490 g/mol. The van der Waals surface area contributed by atoms with Crippen LogP contribution in [0.15, 0.2) is 79.0 Å². The Bertz CT molecular complexity index is 1350. The van der Waals surface area contributed by atoms with Gasteiger partial charge in [-0.2, -0.15) is 13.2 Å². The lowest BCUT2D eigenvalue weighted by Crippen LogP contribution is -2.28. The summed E-state index contributed by atoms with van der Waals surface area (Å²) in [5.41, 5.74) is 4.37. The Labute approximate surface area is 209 Å². The summed E-state index contributed by atoms with van der Waals surface area (Å²) in [5, 5.41) is 1.13. The number of hydrogen-bond donors (Lipinski definition) is 0. The molecule has 0 N–H and O–H groups in total. The summed E-state index contributed by atoms with van der Waals surface area (Å²) in [4.78, 5) is 15.1. The summed E-state index contributed by atoms with van der Waals surface area (Å²) < 4.78 is 40.9. The van der Waals surface area contributed by atoms with Gasteiger partial charge in [0, 0.05) is 48.2 Å². The number of carbonyl (C=O) groups excluding carboxylic acids is 1. The molecule has 5 rings (SSSR count). The van der Waals surface area contributed by atoms with E-state index >= 15 is 0 Å². The number of likely N-dealkylation sites (tertiary alicyclic amines) is 1. The number of halogens is 3. The molecule has 1 fully saturated rings. The quantitative estimate of drug-likeness (QED) is 0.279. The maximum atomic E-state index is 13.1. The number of para-hydroxylation sites is 1. The van der Waals surface area contributed by atoms with E-state index in [-0.39, 0.29) is 11.8 Å². The van der Waals surface area contributed by atoms with Crippen molar-refractivity contribution in [3.8, 4) is 0 Å². The average Bonchev–Trinajstić information content (AvgIpc) is 3.50. The third-order valence-corrected chi connectivity index (χ3v) is 7.11. The summed E-state index contributed by atoms with van der Waals surface area (Å²) in [5.74, 6) is 0.279. The molecule has 0 aliphatic carbocycles. The fourth-order valence-electron chi connectivity index (χ4n) is 5.21. The lowest BCUT2D eigenvalue weighted by Gasteiger charge is -2.17. The van der Waals surface area contributed by atoms with E-state index in [1.165, 1.54) is 11.1 Å². The van der Waals surface area contributed by atoms with Crippen molar-refractivity contribution in [1.82, 2.24) is 9.47 Å². The van der Waals surface area contributed by atoms with Gasteiger partial charge in [-0.15, -0.1) is 0 Å². The average molecular weight is 491 g/mol. The molecule has 1 aromatic heterocycles. The number of fused-ring (bicyclic) bond motifs is 1. The van der Waals surface area contributed by atoms with Crippen LogP contribution in [-0.2, 0) is 19.1 Å². The van der Waals surface area contributed by atoms with Crippen LogP contribution in [0.5, 0.6) is 0 Å². The van der Waals surface area contributed by atoms with E-state index in [2.05, 4.69) is 23.8 Å². The Morgan fingerprint density at radius 3 is 2.33 bits per heavy atom. The number of alkyl halides is 3. The molecular formula is C30H29F3N2O. The van der Waals surface area contributed by atoms with Crippen LogP contribution in [0, 0.1) is 0 Å². The van der Waals surface area contributed by atoms with Gasteiger partial charge in [-0.25, -0.2) is 0 Å². The summed E-state index contributed by atoms with van der Waals surface area (Å²) in [6.45, 7) is 3.99. The molecule has 36 heavy (non-hydrogen) atoms. The van der Waals surface area contributed by atoms with Crippen molar-refractivity contribution >= 4 is 16.8 Å². The molecule has 0 spiro atoms. The van der Waals surface area contributed by atoms with Crippen LogP contribution in [0.3, 0.4) is 0 Å². The minimum Gasteiger partial charge on any atom is -0.343 e. The first-order chi connectivity index (χ1) is 17.3. The summed E-state index contributed by atoms with van der Waals surface area (Å²) in [6.07, 6.45) is 0.744. The largest absolute Gasteiger partial charge is 0.416 e. The fourth-order valence-corrected chi connectivity index (χ4v) is 5.21. The van der Waals surface area contributed by atoms with Gasteiger partial charge in [0.2, 0.25) is 0 Å². The highest BCUT2D eigenvalue weighted by atomic mass is 19.4. The fraction of sp³-hybridized carbons (Fsp3) is 0.300. The smallest absolute Gasteiger partial charge is 0.343 e. The zero-order valence-electron chi connectivity index (χ0n) is 20.3. The van der Waals surface area contributed by atoms with Crippen molar-refractivity contribution in [3.63, 3.8) is 0 Å². The van der Waals surface area contributed by atoms with Crippen molar-refractivity contribution in [2.75, 3.05) is 13.1 Å². The number of benzene rings is 3. The number of aryl methyl sites for hydroxylation is 1. The third-order valence-electron chi connectivity index (χ3n) is 7.11. The van der Waals surface area contributed by atoms with Crippen molar-refractivity contribution in [2.45, 2.75) is 44.8 Å². The Morgan fingerprint density at radius 2 is 1.64 bits per heavy atom. The number of rotatable bonds is 6.